The van der Waals surface area contributed by atoms with Crippen LogP contribution in [0.2, 0.25) is 0 Å². The van der Waals surface area contributed by atoms with Crippen LogP contribution in [0, 0.1) is 19.7 Å². The van der Waals surface area contributed by atoms with E-state index in [0.29, 0.717) is 23.1 Å². The van der Waals surface area contributed by atoms with Crippen molar-refractivity contribution >= 4 is 17.3 Å². The standard InChI is InChI=1S/C19H16FN5/c1-12-7-9-14(10-8-12)18-23-19-21-13(2)11-17(25(19)24-18)22-16-6-4-3-5-15(16)20/h3-11,22H,1-2H3. The SMILES string of the molecule is Cc1ccc(-c2nc3nc(C)cc(Nc4ccccc4F)n3n2)cc1. The Hall–Kier alpha value is -3.28. The molecule has 0 aliphatic rings. The maximum Gasteiger partial charge on any atom is 0.254 e. The third-order valence-electron chi connectivity index (χ3n) is 3.89. The zero-order valence-electron chi connectivity index (χ0n) is 13.9. The number of fused-ring (bicyclic) bond motifs is 1. The Bertz CT molecular complexity index is 1050. The van der Waals surface area contributed by atoms with Crippen molar-refractivity contribution < 1.29 is 4.39 Å². The molecule has 0 aliphatic carbocycles. The molecule has 0 aliphatic heterocycles. The lowest BCUT2D eigenvalue weighted by Crippen LogP contribution is -2.03. The van der Waals surface area contributed by atoms with E-state index in [9.17, 15) is 4.39 Å². The molecule has 1 N–H and O–H groups in total. The highest BCUT2D eigenvalue weighted by Gasteiger charge is 2.12. The number of aryl methyl sites for hydroxylation is 2. The number of halogens is 1. The summed E-state index contributed by atoms with van der Waals surface area (Å²) < 4.78 is 15.6. The van der Waals surface area contributed by atoms with Crippen molar-refractivity contribution in [3.8, 4) is 11.4 Å². The van der Waals surface area contributed by atoms with Crippen LogP contribution in [0.5, 0.6) is 0 Å². The Morgan fingerprint density at radius 2 is 1.72 bits per heavy atom. The number of aromatic nitrogens is 4. The average Bonchev–Trinajstić information content (AvgIpc) is 3.01. The molecular formula is C19H16FN5. The molecule has 5 nitrogen and oxygen atoms in total. The van der Waals surface area contributed by atoms with Crippen LogP contribution in [-0.4, -0.2) is 19.6 Å². The van der Waals surface area contributed by atoms with Gasteiger partial charge in [0.15, 0.2) is 5.82 Å². The molecule has 0 amide bonds. The van der Waals surface area contributed by atoms with Crippen LogP contribution in [0.4, 0.5) is 15.9 Å². The molecule has 2 heterocycles. The maximum absolute atomic E-state index is 14.0. The quantitative estimate of drug-likeness (QED) is 0.608. The largest absolute Gasteiger partial charge is 0.338 e. The van der Waals surface area contributed by atoms with Crippen molar-refractivity contribution in [1.29, 1.82) is 0 Å². The first-order valence-corrected chi connectivity index (χ1v) is 7.93. The van der Waals surface area contributed by atoms with Gasteiger partial charge in [-0.25, -0.2) is 9.37 Å². The topological polar surface area (TPSA) is 55.1 Å². The van der Waals surface area contributed by atoms with Crippen molar-refractivity contribution in [2.45, 2.75) is 13.8 Å². The summed E-state index contributed by atoms with van der Waals surface area (Å²) in [4.78, 5) is 8.92. The number of nitrogens with one attached hydrogen (secondary N) is 1. The summed E-state index contributed by atoms with van der Waals surface area (Å²) >= 11 is 0. The van der Waals surface area contributed by atoms with Crippen molar-refractivity contribution in [2.75, 3.05) is 5.32 Å². The Kier molecular flexibility index (Phi) is 3.65. The molecule has 0 fully saturated rings. The van der Waals surface area contributed by atoms with Gasteiger partial charge in [0.1, 0.15) is 11.6 Å². The Morgan fingerprint density at radius 3 is 2.48 bits per heavy atom. The van der Waals surface area contributed by atoms with Gasteiger partial charge >= 0.3 is 0 Å². The van der Waals surface area contributed by atoms with Crippen LogP contribution in [-0.2, 0) is 0 Å². The lowest BCUT2D eigenvalue weighted by Gasteiger charge is -2.09. The Morgan fingerprint density at radius 1 is 0.960 bits per heavy atom. The van der Waals surface area contributed by atoms with Gasteiger partial charge in [0.05, 0.1) is 5.69 Å². The zero-order chi connectivity index (χ0) is 17.4. The maximum atomic E-state index is 14.0. The molecule has 0 radical (unpaired) electrons. The summed E-state index contributed by atoms with van der Waals surface area (Å²) in [6.45, 7) is 3.90. The lowest BCUT2D eigenvalue weighted by molar-refractivity contribution is 0.631. The third-order valence-corrected chi connectivity index (χ3v) is 3.89. The van der Waals surface area contributed by atoms with E-state index in [4.69, 9.17) is 0 Å². The van der Waals surface area contributed by atoms with Crippen molar-refractivity contribution in [3.05, 3.63) is 71.7 Å². The summed E-state index contributed by atoms with van der Waals surface area (Å²) in [5.41, 5.74) is 3.23. The van der Waals surface area contributed by atoms with Gasteiger partial charge < -0.3 is 5.32 Å². The van der Waals surface area contributed by atoms with Crippen LogP contribution in [0.1, 0.15) is 11.3 Å². The first kappa shape index (κ1) is 15.3. The first-order valence-electron chi connectivity index (χ1n) is 7.93. The van der Waals surface area contributed by atoms with Gasteiger partial charge in [0, 0.05) is 17.3 Å². The monoisotopic (exact) mass is 333 g/mol. The molecule has 4 aromatic rings. The summed E-state index contributed by atoms with van der Waals surface area (Å²) in [5.74, 6) is 1.33. The van der Waals surface area contributed by atoms with Gasteiger partial charge in [0.2, 0.25) is 0 Å². The number of rotatable bonds is 3. The molecule has 2 aromatic carbocycles. The molecule has 0 bridgehead atoms. The third kappa shape index (κ3) is 2.94. The summed E-state index contributed by atoms with van der Waals surface area (Å²) in [6, 6.07) is 16.3. The highest BCUT2D eigenvalue weighted by Crippen LogP contribution is 2.23. The fourth-order valence-electron chi connectivity index (χ4n) is 2.60. The predicted octanol–water partition coefficient (Wildman–Crippen LogP) is 4.29. The minimum atomic E-state index is -0.330. The van der Waals surface area contributed by atoms with Crippen LogP contribution in [0.15, 0.2) is 54.6 Å². The molecule has 124 valence electrons. The van der Waals surface area contributed by atoms with E-state index < -0.39 is 0 Å². The van der Waals surface area contributed by atoms with Crippen LogP contribution >= 0.6 is 0 Å². The molecule has 2 aromatic heterocycles. The summed E-state index contributed by atoms with van der Waals surface area (Å²) in [6.07, 6.45) is 0. The number of anilines is 2. The highest BCUT2D eigenvalue weighted by atomic mass is 19.1. The first-order chi connectivity index (χ1) is 12.1. The van der Waals surface area contributed by atoms with E-state index in [2.05, 4.69) is 20.4 Å². The van der Waals surface area contributed by atoms with Gasteiger partial charge in [-0.15, -0.1) is 5.10 Å². The summed E-state index contributed by atoms with van der Waals surface area (Å²) in [5, 5.41) is 7.61. The second kappa shape index (κ2) is 5.98. The fraction of sp³-hybridized carbons (Fsp3) is 0.105. The van der Waals surface area contributed by atoms with Gasteiger partial charge in [-0.2, -0.15) is 9.50 Å². The van der Waals surface area contributed by atoms with Gasteiger partial charge in [0.25, 0.3) is 5.78 Å². The molecule has 4 rings (SSSR count). The van der Waals surface area contributed by atoms with E-state index in [1.54, 1.807) is 22.7 Å². The number of benzene rings is 2. The normalized spacial score (nSPS) is 11.0. The van der Waals surface area contributed by atoms with Gasteiger partial charge in [-0.3, -0.25) is 0 Å². The minimum absolute atomic E-state index is 0.330. The molecule has 0 unspecified atom stereocenters. The van der Waals surface area contributed by atoms with Crippen molar-refractivity contribution in [2.24, 2.45) is 0 Å². The molecule has 0 saturated heterocycles. The van der Waals surface area contributed by atoms with Crippen molar-refractivity contribution in [3.63, 3.8) is 0 Å². The van der Waals surface area contributed by atoms with E-state index in [0.717, 1.165) is 11.3 Å². The lowest BCUT2D eigenvalue weighted by atomic mass is 10.1. The second-order valence-electron chi connectivity index (χ2n) is 5.90. The Labute approximate surface area is 144 Å². The molecule has 0 saturated carbocycles. The zero-order valence-corrected chi connectivity index (χ0v) is 13.9. The highest BCUT2D eigenvalue weighted by molar-refractivity contribution is 5.62. The molecular weight excluding hydrogens is 317 g/mol. The molecule has 0 spiro atoms. The molecule has 0 atom stereocenters. The number of hydrogen-bond donors (Lipinski definition) is 1. The molecule has 25 heavy (non-hydrogen) atoms. The van der Waals surface area contributed by atoms with Crippen LogP contribution < -0.4 is 5.32 Å². The van der Waals surface area contributed by atoms with Crippen LogP contribution in [0.25, 0.3) is 17.2 Å². The number of para-hydroxylation sites is 1. The van der Waals surface area contributed by atoms with Crippen LogP contribution in [0.3, 0.4) is 0 Å². The fourth-order valence-corrected chi connectivity index (χ4v) is 2.60. The van der Waals surface area contributed by atoms with E-state index in [1.165, 1.54) is 11.6 Å². The summed E-state index contributed by atoms with van der Waals surface area (Å²) in [7, 11) is 0. The molecule has 6 heteroatoms. The van der Waals surface area contributed by atoms with E-state index in [1.807, 2.05) is 44.2 Å². The van der Waals surface area contributed by atoms with Gasteiger partial charge in [-0.1, -0.05) is 42.0 Å². The Balaban J connectivity index is 1.82. The average molecular weight is 333 g/mol. The van der Waals surface area contributed by atoms with Crippen molar-refractivity contribution in [1.82, 2.24) is 19.6 Å². The number of hydrogen-bond acceptors (Lipinski definition) is 4. The number of nitrogens with zero attached hydrogens (tertiary/aromatic N) is 4. The smallest absolute Gasteiger partial charge is 0.254 e. The minimum Gasteiger partial charge on any atom is -0.338 e. The van der Waals surface area contributed by atoms with E-state index in [-0.39, 0.29) is 5.82 Å². The predicted molar refractivity (Wildman–Crippen MR) is 95.4 cm³/mol. The van der Waals surface area contributed by atoms with E-state index >= 15 is 0 Å². The van der Waals surface area contributed by atoms with Gasteiger partial charge in [-0.05, 0) is 26.0 Å². The second-order valence-corrected chi connectivity index (χ2v) is 5.90.